The number of hydrogen-bond acceptors (Lipinski definition) is 3. The van der Waals surface area contributed by atoms with Crippen LogP contribution < -0.4 is 0 Å². The Morgan fingerprint density at radius 1 is 1.04 bits per heavy atom. The van der Waals surface area contributed by atoms with E-state index in [9.17, 15) is 9.59 Å². The van der Waals surface area contributed by atoms with Crippen LogP contribution in [-0.4, -0.2) is 47.8 Å². The van der Waals surface area contributed by atoms with E-state index in [0.29, 0.717) is 36.8 Å². The zero-order valence-electron chi connectivity index (χ0n) is 14.2. The van der Waals surface area contributed by atoms with E-state index >= 15 is 0 Å². The predicted octanol–water partition coefficient (Wildman–Crippen LogP) is 2.95. The molecule has 0 spiro atoms. The monoisotopic (exact) mass is 359 g/mol. The summed E-state index contributed by atoms with van der Waals surface area (Å²) in [6, 6.07) is 9.15. The lowest BCUT2D eigenvalue weighted by atomic mass is 9.93. The SMILES string of the molecule is N#CC1CCN(C(=O)[C@H]2CCCN(C(=O)c3ccc(Cl)cc3)C2)CC1. The minimum atomic E-state index is -0.136. The Labute approximate surface area is 153 Å². The molecule has 2 saturated heterocycles. The highest BCUT2D eigenvalue weighted by molar-refractivity contribution is 6.30. The third kappa shape index (κ3) is 4.13. The smallest absolute Gasteiger partial charge is 0.253 e. The van der Waals surface area contributed by atoms with Gasteiger partial charge in [-0.05, 0) is 49.9 Å². The van der Waals surface area contributed by atoms with Gasteiger partial charge in [-0.3, -0.25) is 9.59 Å². The predicted molar refractivity (Wildman–Crippen MR) is 95.0 cm³/mol. The molecule has 6 heteroatoms. The number of likely N-dealkylation sites (tertiary alicyclic amines) is 2. The molecule has 1 aromatic carbocycles. The van der Waals surface area contributed by atoms with Crippen LogP contribution in [0.15, 0.2) is 24.3 Å². The second-order valence-electron chi connectivity index (χ2n) is 6.83. The lowest BCUT2D eigenvalue weighted by Crippen LogP contribution is -2.48. The molecule has 0 unspecified atom stereocenters. The van der Waals surface area contributed by atoms with Gasteiger partial charge in [-0.2, -0.15) is 5.26 Å². The van der Waals surface area contributed by atoms with E-state index in [1.54, 1.807) is 29.2 Å². The third-order valence-corrected chi connectivity index (χ3v) is 5.39. The molecule has 0 bridgehead atoms. The van der Waals surface area contributed by atoms with Gasteiger partial charge >= 0.3 is 0 Å². The van der Waals surface area contributed by atoms with Crippen LogP contribution in [0.1, 0.15) is 36.0 Å². The van der Waals surface area contributed by atoms with Gasteiger partial charge in [0.15, 0.2) is 0 Å². The number of amides is 2. The van der Waals surface area contributed by atoms with E-state index in [1.165, 1.54) is 0 Å². The van der Waals surface area contributed by atoms with Crippen molar-refractivity contribution in [3.63, 3.8) is 0 Å². The number of carbonyl (C=O) groups is 2. The van der Waals surface area contributed by atoms with Crippen LogP contribution in [0.25, 0.3) is 0 Å². The fraction of sp³-hybridized carbons (Fsp3) is 0.526. The maximum Gasteiger partial charge on any atom is 0.253 e. The average molecular weight is 360 g/mol. The van der Waals surface area contributed by atoms with Crippen LogP contribution in [-0.2, 0) is 4.79 Å². The molecular formula is C19H22ClN3O2. The number of rotatable bonds is 2. The molecule has 2 fully saturated rings. The molecule has 1 atom stereocenters. The van der Waals surface area contributed by atoms with Crippen LogP contribution in [0.3, 0.4) is 0 Å². The summed E-state index contributed by atoms with van der Waals surface area (Å²) < 4.78 is 0. The number of piperidine rings is 2. The van der Waals surface area contributed by atoms with Crippen LogP contribution in [0.2, 0.25) is 5.02 Å². The highest BCUT2D eigenvalue weighted by Crippen LogP contribution is 2.24. The number of hydrogen-bond donors (Lipinski definition) is 0. The van der Waals surface area contributed by atoms with Crippen LogP contribution in [0, 0.1) is 23.2 Å². The standard InChI is InChI=1S/C19H22ClN3O2/c20-17-5-3-15(4-6-17)18(24)23-9-1-2-16(13-23)19(25)22-10-7-14(12-21)8-11-22/h3-6,14,16H,1-2,7-11,13H2/t16-/m0/s1. The summed E-state index contributed by atoms with van der Waals surface area (Å²) in [7, 11) is 0. The Morgan fingerprint density at radius 3 is 2.36 bits per heavy atom. The summed E-state index contributed by atoms with van der Waals surface area (Å²) >= 11 is 5.88. The Balaban J connectivity index is 1.61. The Bertz CT molecular complexity index is 675. The highest BCUT2D eigenvalue weighted by Gasteiger charge is 2.33. The molecule has 0 radical (unpaired) electrons. The molecule has 2 amide bonds. The average Bonchev–Trinajstić information content (AvgIpc) is 2.67. The van der Waals surface area contributed by atoms with Gasteiger partial charge in [0.25, 0.3) is 5.91 Å². The second-order valence-corrected chi connectivity index (χ2v) is 7.26. The molecule has 0 N–H and O–H groups in total. The molecule has 0 saturated carbocycles. The maximum atomic E-state index is 12.8. The van der Waals surface area contributed by atoms with E-state index in [1.807, 2.05) is 4.90 Å². The molecular weight excluding hydrogens is 338 g/mol. The Morgan fingerprint density at radius 2 is 1.72 bits per heavy atom. The molecule has 0 aliphatic carbocycles. The van der Waals surface area contributed by atoms with Crippen molar-refractivity contribution in [2.24, 2.45) is 11.8 Å². The van der Waals surface area contributed by atoms with Gasteiger partial charge < -0.3 is 9.80 Å². The van der Waals surface area contributed by atoms with Crippen LogP contribution in [0.4, 0.5) is 0 Å². The van der Waals surface area contributed by atoms with Gasteiger partial charge in [-0.1, -0.05) is 11.6 Å². The molecule has 0 aromatic heterocycles. The molecule has 25 heavy (non-hydrogen) atoms. The van der Waals surface area contributed by atoms with Crippen molar-refractivity contribution in [2.45, 2.75) is 25.7 Å². The van der Waals surface area contributed by atoms with Crippen molar-refractivity contribution in [2.75, 3.05) is 26.2 Å². The second kappa shape index (κ2) is 7.88. The molecule has 132 valence electrons. The number of halogens is 1. The highest BCUT2D eigenvalue weighted by atomic mass is 35.5. The zero-order valence-corrected chi connectivity index (χ0v) is 14.9. The van der Waals surface area contributed by atoms with Crippen molar-refractivity contribution in [3.05, 3.63) is 34.9 Å². The van der Waals surface area contributed by atoms with Crippen molar-refractivity contribution in [1.82, 2.24) is 9.80 Å². The van der Waals surface area contributed by atoms with E-state index < -0.39 is 0 Å². The number of nitriles is 1. The fourth-order valence-corrected chi connectivity index (χ4v) is 3.75. The topological polar surface area (TPSA) is 64.4 Å². The molecule has 2 aliphatic rings. The van der Waals surface area contributed by atoms with E-state index in [2.05, 4.69) is 6.07 Å². The van der Waals surface area contributed by atoms with E-state index in [4.69, 9.17) is 16.9 Å². The lowest BCUT2D eigenvalue weighted by Gasteiger charge is -2.37. The Hall–Kier alpha value is -2.06. The molecule has 2 aliphatic heterocycles. The van der Waals surface area contributed by atoms with E-state index in [-0.39, 0.29) is 23.7 Å². The van der Waals surface area contributed by atoms with Crippen LogP contribution in [0.5, 0.6) is 0 Å². The first kappa shape index (κ1) is 17.8. The van der Waals surface area contributed by atoms with Crippen LogP contribution >= 0.6 is 11.6 Å². The summed E-state index contributed by atoms with van der Waals surface area (Å²) in [5.41, 5.74) is 0.604. The maximum absolute atomic E-state index is 12.8. The zero-order chi connectivity index (χ0) is 17.8. The number of nitrogens with zero attached hydrogens (tertiary/aromatic N) is 3. The quantitative estimate of drug-likeness (QED) is 0.815. The van der Waals surface area contributed by atoms with Crippen molar-refractivity contribution in [1.29, 1.82) is 5.26 Å². The first-order valence-corrected chi connectivity index (χ1v) is 9.19. The first-order chi connectivity index (χ1) is 12.1. The Kier molecular flexibility index (Phi) is 5.60. The van der Waals surface area contributed by atoms with Gasteiger partial charge in [0, 0.05) is 42.7 Å². The molecule has 1 aromatic rings. The summed E-state index contributed by atoms with van der Waals surface area (Å²) in [6.45, 7) is 2.46. The van der Waals surface area contributed by atoms with Gasteiger partial charge in [0.1, 0.15) is 0 Å². The van der Waals surface area contributed by atoms with E-state index in [0.717, 1.165) is 25.7 Å². The normalized spacial score (nSPS) is 21.7. The summed E-state index contributed by atoms with van der Waals surface area (Å²) in [5, 5.41) is 9.58. The van der Waals surface area contributed by atoms with Crippen molar-refractivity contribution < 1.29 is 9.59 Å². The number of benzene rings is 1. The third-order valence-electron chi connectivity index (χ3n) is 5.14. The fourth-order valence-electron chi connectivity index (χ4n) is 3.63. The molecule has 2 heterocycles. The van der Waals surface area contributed by atoms with Crippen molar-refractivity contribution in [3.8, 4) is 6.07 Å². The van der Waals surface area contributed by atoms with Crippen molar-refractivity contribution >= 4 is 23.4 Å². The van der Waals surface area contributed by atoms with Gasteiger partial charge in [-0.15, -0.1) is 0 Å². The lowest BCUT2D eigenvalue weighted by molar-refractivity contribution is -0.138. The summed E-state index contributed by atoms with van der Waals surface area (Å²) in [6.07, 6.45) is 3.16. The first-order valence-electron chi connectivity index (χ1n) is 8.81. The minimum absolute atomic E-state index is 0.0441. The summed E-state index contributed by atoms with van der Waals surface area (Å²) in [5.74, 6) is 0.0179. The van der Waals surface area contributed by atoms with Gasteiger partial charge in [-0.25, -0.2) is 0 Å². The number of carbonyl (C=O) groups excluding carboxylic acids is 2. The largest absolute Gasteiger partial charge is 0.342 e. The summed E-state index contributed by atoms with van der Waals surface area (Å²) in [4.78, 5) is 29.1. The minimum Gasteiger partial charge on any atom is -0.342 e. The van der Waals surface area contributed by atoms with Gasteiger partial charge in [0.2, 0.25) is 5.91 Å². The molecule has 3 rings (SSSR count). The van der Waals surface area contributed by atoms with Gasteiger partial charge in [0.05, 0.1) is 12.0 Å². The molecule has 5 nitrogen and oxygen atoms in total.